The van der Waals surface area contributed by atoms with Crippen molar-refractivity contribution < 1.29 is 14.3 Å². The van der Waals surface area contributed by atoms with E-state index in [1.165, 1.54) is 11.3 Å². The standard InChI is InChI=1S/C25H33N3O3/c1-19-6-4-5-7-22(19)27-16-14-26(15-17-27)21-10-12-28(13-11-21)25(29)20-8-9-23(30-2)24(18-20)31-3/h4-9,18,21H,10-17H2,1-3H3. The molecule has 0 aromatic heterocycles. The van der Waals surface area contributed by atoms with Crippen LogP contribution in [0.2, 0.25) is 0 Å². The first kappa shape index (κ1) is 21.5. The molecule has 166 valence electrons. The van der Waals surface area contributed by atoms with Crippen LogP contribution in [0.3, 0.4) is 0 Å². The summed E-state index contributed by atoms with van der Waals surface area (Å²) in [6, 6.07) is 14.6. The Morgan fingerprint density at radius 1 is 0.871 bits per heavy atom. The first-order chi connectivity index (χ1) is 15.1. The minimum Gasteiger partial charge on any atom is -0.493 e. The van der Waals surface area contributed by atoms with Crippen molar-refractivity contribution in [1.82, 2.24) is 9.80 Å². The van der Waals surface area contributed by atoms with Gasteiger partial charge in [-0.15, -0.1) is 0 Å². The maximum Gasteiger partial charge on any atom is 0.253 e. The van der Waals surface area contributed by atoms with E-state index in [-0.39, 0.29) is 5.91 Å². The fourth-order valence-electron chi connectivity index (χ4n) is 4.83. The van der Waals surface area contributed by atoms with Crippen LogP contribution in [0.5, 0.6) is 11.5 Å². The summed E-state index contributed by atoms with van der Waals surface area (Å²) < 4.78 is 10.6. The molecule has 2 aliphatic heterocycles. The van der Waals surface area contributed by atoms with E-state index in [0.29, 0.717) is 23.1 Å². The third-order valence-electron chi connectivity index (χ3n) is 6.67. The number of para-hydroxylation sites is 1. The largest absolute Gasteiger partial charge is 0.493 e. The number of piperazine rings is 1. The highest BCUT2D eigenvalue weighted by Gasteiger charge is 2.30. The maximum atomic E-state index is 13.0. The highest BCUT2D eigenvalue weighted by Crippen LogP contribution is 2.29. The van der Waals surface area contributed by atoms with E-state index in [9.17, 15) is 4.79 Å². The Kier molecular flexibility index (Phi) is 6.66. The molecule has 0 N–H and O–H groups in total. The second kappa shape index (κ2) is 9.60. The maximum absolute atomic E-state index is 13.0. The van der Waals surface area contributed by atoms with Gasteiger partial charge in [-0.3, -0.25) is 9.69 Å². The average Bonchev–Trinajstić information content (AvgIpc) is 2.83. The molecule has 2 heterocycles. The summed E-state index contributed by atoms with van der Waals surface area (Å²) in [7, 11) is 3.20. The van der Waals surface area contributed by atoms with Crippen LogP contribution in [0, 0.1) is 6.92 Å². The predicted molar refractivity (Wildman–Crippen MR) is 123 cm³/mol. The quantitative estimate of drug-likeness (QED) is 0.737. The molecule has 0 bridgehead atoms. The summed E-state index contributed by atoms with van der Waals surface area (Å²) in [5, 5.41) is 0. The molecule has 0 radical (unpaired) electrons. The summed E-state index contributed by atoms with van der Waals surface area (Å²) in [6.45, 7) is 8.09. The molecule has 4 rings (SSSR count). The number of likely N-dealkylation sites (tertiary alicyclic amines) is 1. The van der Waals surface area contributed by atoms with Gasteiger partial charge in [-0.05, 0) is 49.6 Å². The van der Waals surface area contributed by atoms with Crippen LogP contribution in [-0.4, -0.2) is 75.2 Å². The van der Waals surface area contributed by atoms with Crippen molar-refractivity contribution in [3.63, 3.8) is 0 Å². The van der Waals surface area contributed by atoms with Crippen LogP contribution >= 0.6 is 0 Å². The number of benzene rings is 2. The molecular weight excluding hydrogens is 390 g/mol. The molecule has 0 saturated carbocycles. The Morgan fingerprint density at radius 2 is 1.55 bits per heavy atom. The van der Waals surface area contributed by atoms with Crippen molar-refractivity contribution in [2.45, 2.75) is 25.8 Å². The number of aryl methyl sites for hydroxylation is 1. The summed E-state index contributed by atoms with van der Waals surface area (Å²) in [4.78, 5) is 20.1. The van der Waals surface area contributed by atoms with Gasteiger partial charge in [-0.2, -0.15) is 0 Å². The fraction of sp³-hybridized carbons (Fsp3) is 0.480. The number of rotatable bonds is 5. The summed E-state index contributed by atoms with van der Waals surface area (Å²) in [5.74, 6) is 1.31. The van der Waals surface area contributed by atoms with Gasteiger partial charge in [-0.25, -0.2) is 0 Å². The van der Waals surface area contributed by atoms with Gasteiger partial charge in [0.15, 0.2) is 11.5 Å². The topological polar surface area (TPSA) is 45.2 Å². The Hall–Kier alpha value is -2.73. The van der Waals surface area contributed by atoms with E-state index in [2.05, 4.69) is 41.0 Å². The van der Waals surface area contributed by atoms with E-state index in [0.717, 1.165) is 52.1 Å². The Morgan fingerprint density at radius 3 is 2.19 bits per heavy atom. The molecule has 31 heavy (non-hydrogen) atoms. The first-order valence-corrected chi connectivity index (χ1v) is 11.2. The van der Waals surface area contributed by atoms with Gasteiger partial charge in [0, 0.05) is 56.6 Å². The smallest absolute Gasteiger partial charge is 0.253 e. The molecule has 0 aliphatic carbocycles. The van der Waals surface area contributed by atoms with Crippen LogP contribution in [0.4, 0.5) is 5.69 Å². The van der Waals surface area contributed by atoms with Crippen molar-refractivity contribution in [2.24, 2.45) is 0 Å². The van der Waals surface area contributed by atoms with Crippen molar-refractivity contribution in [2.75, 3.05) is 58.4 Å². The Bertz CT molecular complexity index is 901. The summed E-state index contributed by atoms with van der Waals surface area (Å²) >= 11 is 0. The molecule has 6 heteroatoms. The highest BCUT2D eigenvalue weighted by atomic mass is 16.5. The molecule has 6 nitrogen and oxygen atoms in total. The monoisotopic (exact) mass is 423 g/mol. The van der Waals surface area contributed by atoms with Crippen molar-refractivity contribution >= 4 is 11.6 Å². The van der Waals surface area contributed by atoms with E-state index in [1.807, 2.05) is 11.0 Å². The van der Waals surface area contributed by atoms with Crippen molar-refractivity contribution in [3.05, 3.63) is 53.6 Å². The number of methoxy groups -OCH3 is 2. The zero-order chi connectivity index (χ0) is 21.8. The Labute approximate surface area is 185 Å². The molecule has 2 aromatic rings. The third-order valence-corrected chi connectivity index (χ3v) is 6.67. The van der Waals surface area contributed by atoms with Crippen LogP contribution in [-0.2, 0) is 0 Å². The first-order valence-electron chi connectivity index (χ1n) is 11.2. The summed E-state index contributed by atoms with van der Waals surface area (Å²) in [6.07, 6.45) is 2.06. The zero-order valence-corrected chi connectivity index (χ0v) is 18.8. The lowest BCUT2D eigenvalue weighted by Crippen LogP contribution is -2.54. The number of hydrogen-bond acceptors (Lipinski definition) is 5. The molecule has 2 saturated heterocycles. The lowest BCUT2D eigenvalue weighted by molar-refractivity contribution is 0.0610. The molecule has 2 fully saturated rings. The van der Waals surface area contributed by atoms with Crippen LogP contribution in [0.15, 0.2) is 42.5 Å². The molecule has 1 amide bonds. The van der Waals surface area contributed by atoms with E-state index in [4.69, 9.17) is 9.47 Å². The number of anilines is 1. The lowest BCUT2D eigenvalue weighted by atomic mass is 10.0. The van der Waals surface area contributed by atoms with Crippen LogP contribution < -0.4 is 14.4 Å². The number of carbonyl (C=O) groups excluding carboxylic acids is 1. The number of piperidine rings is 1. The van der Waals surface area contributed by atoms with Gasteiger partial charge in [0.2, 0.25) is 0 Å². The molecule has 0 atom stereocenters. The Balaban J connectivity index is 1.30. The number of carbonyl (C=O) groups is 1. The number of amides is 1. The van der Waals surface area contributed by atoms with Gasteiger partial charge in [0.25, 0.3) is 5.91 Å². The van der Waals surface area contributed by atoms with Crippen molar-refractivity contribution in [3.8, 4) is 11.5 Å². The molecule has 0 unspecified atom stereocenters. The van der Waals surface area contributed by atoms with Gasteiger partial charge in [0.1, 0.15) is 0 Å². The van der Waals surface area contributed by atoms with Crippen LogP contribution in [0.1, 0.15) is 28.8 Å². The zero-order valence-electron chi connectivity index (χ0n) is 18.8. The van der Waals surface area contributed by atoms with Crippen LogP contribution in [0.25, 0.3) is 0 Å². The minimum absolute atomic E-state index is 0.0729. The number of hydrogen-bond donors (Lipinski definition) is 0. The number of ether oxygens (including phenoxy) is 2. The molecular formula is C25H33N3O3. The highest BCUT2D eigenvalue weighted by molar-refractivity contribution is 5.95. The van der Waals surface area contributed by atoms with E-state index < -0.39 is 0 Å². The van der Waals surface area contributed by atoms with E-state index in [1.54, 1.807) is 26.4 Å². The predicted octanol–water partition coefficient (Wildman–Crippen LogP) is 3.44. The summed E-state index contributed by atoms with van der Waals surface area (Å²) in [5.41, 5.74) is 3.36. The molecule has 2 aromatic carbocycles. The number of nitrogens with zero attached hydrogens (tertiary/aromatic N) is 3. The second-order valence-electron chi connectivity index (χ2n) is 8.40. The third kappa shape index (κ3) is 4.64. The van der Waals surface area contributed by atoms with Gasteiger partial charge in [-0.1, -0.05) is 18.2 Å². The van der Waals surface area contributed by atoms with Gasteiger partial charge < -0.3 is 19.3 Å². The normalized spacial score (nSPS) is 18.2. The molecule has 0 spiro atoms. The lowest BCUT2D eigenvalue weighted by Gasteiger charge is -2.43. The van der Waals surface area contributed by atoms with E-state index >= 15 is 0 Å². The second-order valence-corrected chi connectivity index (χ2v) is 8.40. The minimum atomic E-state index is 0.0729. The average molecular weight is 424 g/mol. The van der Waals surface area contributed by atoms with Gasteiger partial charge in [0.05, 0.1) is 14.2 Å². The molecule has 2 aliphatic rings. The van der Waals surface area contributed by atoms with Crippen molar-refractivity contribution in [1.29, 1.82) is 0 Å². The SMILES string of the molecule is COc1ccc(C(=O)N2CCC(N3CCN(c4ccccc4C)CC3)CC2)cc1OC. The fourth-order valence-corrected chi connectivity index (χ4v) is 4.83. The van der Waals surface area contributed by atoms with Gasteiger partial charge >= 0.3 is 0 Å².